The molecular weight excluding hydrogens is 404 g/mol. The zero-order valence-corrected chi connectivity index (χ0v) is 18.9. The Morgan fingerprint density at radius 2 is 1.86 bits per heavy atom. The monoisotopic (exact) mass is 428 g/mol. The van der Waals surface area contributed by atoms with Gasteiger partial charge in [0.2, 0.25) is 0 Å². The first kappa shape index (κ1) is 21.5. The Hall–Kier alpha value is -2.24. The van der Waals surface area contributed by atoms with Crippen molar-refractivity contribution >= 4 is 46.2 Å². The zero-order valence-electron chi connectivity index (χ0n) is 17.3. The molecule has 0 aliphatic carbocycles. The molecule has 0 atom stereocenters. The predicted octanol–water partition coefficient (Wildman–Crippen LogP) is 6.23. The summed E-state index contributed by atoms with van der Waals surface area (Å²) in [6, 6.07) is 11.4. The number of carbonyl (C=O) groups is 1. The molecule has 1 saturated heterocycles. The van der Waals surface area contributed by atoms with E-state index in [0.29, 0.717) is 27.6 Å². The number of halogens is 1. The fraction of sp³-hybridized carbons (Fsp3) is 0.304. The molecule has 4 nitrogen and oxygen atoms in total. The number of rotatable bonds is 5. The van der Waals surface area contributed by atoms with Gasteiger partial charge in [0.25, 0.3) is 5.91 Å². The van der Waals surface area contributed by atoms with E-state index in [9.17, 15) is 4.79 Å². The lowest BCUT2D eigenvalue weighted by molar-refractivity contribution is -0.122. The van der Waals surface area contributed by atoms with Crippen LogP contribution in [-0.2, 0) is 4.79 Å². The number of thioether (sulfide) groups is 1. The van der Waals surface area contributed by atoms with Gasteiger partial charge in [0, 0.05) is 11.6 Å². The average molecular weight is 429 g/mol. The normalized spacial score (nSPS) is 17.1. The number of carbonyl (C=O) groups excluding carboxylic acids is 1. The standard InChI is InChI=1S/C23H25ClN2O2S/c1-14(2)13-26-22(27)21(12-17-10-16(4)20(28-5)11-15(17)3)29-23(26)25-19-8-6-18(24)7-9-19/h6-12,14H,13H2,1-5H3/b21-12-,25-23?. The number of methoxy groups -OCH3 is 1. The van der Waals surface area contributed by atoms with Crippen molar-refractivity contribution in [2.45, 2.75) is 27.7 Å². The molecule has 6 heteroatoms. The zero-order chi connectivity index (χ0) is 21.1. The molecule has 0 saturated carbocycles. The van der Waals surface area contributed by atoms with Crippen molar-refractivity contribution in [3.05, 3.63) is 63.0 Å². The van der Waals surface area contributed by atoms with Gasteiger partial charge in [0.05, 0.1) is 17.7 Å². The second kappa shape index (κ2) is 9.06. The summed E-state index contributed by atoms with van der Waals surface area (Å²) >= 11 is 7.39. The van der Waals surface area contributed by atoms with Crippen LogP contribution in [0.3, 0.4) is 0 Å². The molecule has 1 fully saturated rings. The predicted molar refractivity (Wildman–Crippen MR) is 123 cm³/mol. The summed E-state index contributed by atoms with van der Waals surface area (Å²) in [5.41, 5.74) is 3.88. The highest BCUT2D eigenvalue weighted by molar-refractivity contribution is 8.18. The number of aliphatic imine (C=N–C) groups is 1. The minimum absolute atomic E-state index is 0.00992. The summed E-state index contributed by atoms with van der Waals surface area (Å²) in [6.45, 7) is 8.83. The number of ether oxygens (including phenoxy) is 1. The number of aryl methyl sites for hydroxylation is 2. The molecule has 1 aliphatic rings. The first-order valence-electron chi connectivity index (χ1n) is 9.49. The maximum atomic E-state index is 13.1. The quantitative estimate of drug-likeness (QED) is 0.530. The maximum absolute atomic E-state index is 13.1. The van der Waals surface area contributed by atoms with Crippen LogP contribution in [0, 0.1) is 19.8 Å². The summed E-state index contributed by atoms with van der Waals surface area (Å²) < 4.78 is 5.39. The van der Waals surface area contributed by atoms with Crippen LogP contribution in [0.2, 0.25) is 5.02 Å². The van der Waals surface area contributed by atoms with E-state index in [1.165, 1.54) is 11.8 Å². The fourth-order valence-electron chi connectivity index (χ4n) is 3.07. The molecule has 1 heterocycles. The fourth-order valence-corrected chi connectivity index (χ4v) is 4.20. The molecule has 0 aromatic heterocycles. The number of amidine groups is 1. The SMILES string of the molecule is COc1cc(C)c(/C=C2\SC(=Nc3ccc(Cl)cc3)N(CC(C)C)C2=O)cc1C. The van der Waals surface area contributed by atoms with E-state index in [0.717, 1.165) is 28.1 Å². The third kappa shape index (κ3) is 5.03. The van der Waals surface area contributed by atoms with Crippen LogP contribution in [-0.4, -0.2) is 29.6 Å². The van der Waals surface area contributed by atoms with Gasteiger partial charge < -0.3 is 4.74 Å². The van der Waals surface area contributed by atoms with Gasteiger partial charge >= 0.3 is 0 Å². The maximum Gasteiger partial charge on any atom is 0.266 e. The van der Waals surface area contributed by atoms with Crippen molar-refractivity contribution in [2.75, 3.05) is 13.7 Å². The van der Waals surface area contributed by atoms with E-state index in [1.54, 1.807) is 24.1 Å². The summed E-state index contributed by atoms with van der Waals surface area (Å²) in [5.74, 6) is 1.17. The van der Waals surface area contributed by atoms with Crippen LogP contribution in [0.5, 0.6) is 5.75 Å². The largest absolute Gasteiger partial charge is 0.496 e. The lowest BCUT2D eigenvalue weighted by Crippen LogP contribution is -2.32. The Morgan fingerprint density at radius 3 is 2.48 bits per heavy atom. The summed E-state index contributed by atoms with van der Waals surface area (Å²) in [7, 11) is 1.67. The van der Waals surface area contributed by atoms with Crippen LogP contribution in [0.4, 0.5) is 5.69 Å². The highest BCUT2D eigenvalue weighted by Gasteiger charge is 2.33. The summed E-state index contributed by atoms with van der Waals surface area (Å²) in [5, 5.41) is 1.36. The smallest absolute Gasteiger partial charge is 0.266 e. The van der Waals surface area contributed by atoms with Crippen molar-refractivity contribution < 1.29 is 9.53 Å². The second-order valence-corrected chi connectivity index (χ2v) is 8.92. The van der Waals surface area contributed by atoms with Gasteiger partial charge in [-0.05, 0) is 90.7 Å². The Balaban J connectivity index is 1.99. The first-order valence-corrected chi connectivity index (χ1v) is 10.7. The van der Waals surface area contributed by atoms with Gasteiger partial charge in [-0.3, -0.25) is 9.69 Å². The van der Waals surface area contributed by atoms with E-state index in [-0.39, 0.29) is 5.91 Å². The molecule has 0 unspecified atom stereocenters. The van der Waals surface area contributed by atoms with Crippen LogP contribution in [0.1, 0.15) is 30.5 Å². The molecule has 29 heavy (non-hydrogen) atoms. The molecule has 1 amide bonds. The Bertz CT molecular complexity index is 981. The highest BCUT2D eigenvalue weighted by atomic mass is 35.5. The summed E-state index contributed by atoms with van der Waals surface area (Å²) in [4.78, 5) is 20.3. The Kier molecular flexibility index (Phi) is 6.70. The molecule has 0 N–H and O–H groups in total. The van der Waals surface area contributed by atoms with Gasteiger partial charge in [-0.15, -0.1) is 0 Å². The van der Waals surface area contributed by atoms with Gasteiger partial charge in [0.15, 0.2) is 5.17 Å². The first-order chi connectivity index (χ1) is 13.8. The van der Waals surface area contributed by atoms with E-state index < -0.39 is 0 Å². The van der Waals surface area contributed by atoms with Crippen molar-refractivity contribution in [3.63, 3.8) is 0 Å². The molecule has 0 radical (unpaired) electrons. The van der Waals surface area contributed by atoms with E-state index in [1.807, 2.05) is 38.1 Å². The van der Waals surface area contributed by atoms with Crippen molar-refractivity contribution in [2.24, 2.45) is 10.9 Å². The lowest BCUT2D eigenvalue weighted by Gasteiger charge is -2.17. The van der Waals surface area contributed by atoms with Gasteiger partial charge in [-0.1, -0.05) is 25.4 Å². The van der Waals surface area contributed by atoms with E-state index in [2.05, 4.69) is 19.9 Å². The molecule has 2 aromatic carbocycles. The molecular formula is C23H25ClN2O2S. The van der Waals surface area contributed by atoms with Crippen molar-refractivity contribution in [1.29, 1.82) is 0 Å². The van der Waals surface area contributed by atoms with Gasteiger partial charge in [0.1, 0.15) is 5.75 Å². The van der Waals surface area contributed by atoms with Crippen molar-refractivity contribution in [3.8, 4) is 5.75 Å². The number of amides is 1. The van der Waals surface area contributed by atoms with Crippen LogP contribution < -0.4 is 4.74 Å². The number of nitrogens with zero attached hydrogens (tertiary/aromatic N) is 2. The minimum atomic E-state index is -0.00992. The Morgan fingerprint density at radius 1 is 1.17 bits per heavy atom. The number of hydrogen-bond acceptors (Lipinski definition) is 4. The van der Waals surface area contributed by atoms with Crippen LogP contribution >= 0.6 is 23.4 Å². The lowest BCUT2D eigenvalue weighted by atomic mass is 10.0. The van der Waals surface area contributed by atoms with Gasteiger partial charge in [-0.2, -0.15) is 0 Å². The molecule has 0 spiro atoms. The number of benzene rings is 2. The molecule has 3 rings (SSSR count). The number of hydrogen-bond donors (Lipinski definition) is 0. The second-order valence-electron chi connectivity index (χ2n) is 7.47. The molecule has 152 valence electrons. The van der Waals surface area contributed by atoms with Gasteiger partial charge in [-0.25, -0.2) is 4.99 Å². The van der Waals surface area contributed by atoms with E-state index >= 15 is 0 Å². The third-order valence-corrected chi connectivity index (χ3v) is 5.82. The third-order valence-electron chi connectivity index (χ3n) is 4.56. The minimum Gasteiger partial charge on any atom is -0.496 e. The Labute approximate surface area is 181 Å². The molecule has 2 aromatic rings. The average Bonchev–Trinajstić information content (AvgIpc) is 2.94. The highest BCUT2D eigenvalue weighted by Crippen LogP contribution is 2.36. The molecule has 1 aliphatic heterocycles. The summed E-state index contributed by atoms with van der Waals surface area (Å²) in [6.07, 6.45) is 1.95. The van der Waals surface area contributed by atoms with Crippen molar-refractivity contribution in [1.82, 2.24) is 4.90 Å². The topological polar surface area (TPSA) is 41.9 Å². The van der Waals surface area contributed by atoms with E-state index in [4.69, 9.17) is 21.3 Å². The molecule has 0 bridgehead atoms. The van der Waals surface area contributed by atoms with Crippen LogP contribution in [0.25, 0.3) is 6.08 Å². The van der Waals surface area contributed by atoms with Crippen LogP contribution in [0.15, 0.2) is 46.3 Å².